The van der Waals surface area contributed by atoms with Crippen molar-refractivity contribution in [3.63, 3.8) is 0 Å². The lowest BCUT2D eigenvalue weighted by molar-refractivity contribution is -0.123. The summed E-state index contributed by atoms with van der Waals surface area (Å²) in [7, 11) is -3.69. The van der Waals surface area contributed by atoms with Crippen molar-refractivity contribution in [2.24, 2.45) is 5.92 Å². The minimum Gasteiger partial charge on any atom is -0.354 e. The first kappa shape index (κ1) is 26.8. The monoisotopic (exact) mass is 493 g/mol. The van der Waals surface area contributed by atoms with Crippen LogP contribution >= 0.6 is 11.6 Å². The first-order valence-electron chi connectivity index (χ1n) is 11.0. The predicted octanol–water partition coefficient (Wildman–Crippen LogP) is 3.48. The summed E-state index contributed by atoms with van der Waals surface area (Å²) < 4.78 is 26.9. The Morgan fingerprint density at radius 1 is 1.03 bits per heavy atom. The van der Waals surface area contributed by atoms with Crippen molar-refractivity contribution >= 4 is 33.4 Å². The zero-order valence-electron chi connectivity index (χ0n) is 19.5. The van der Waals surface area contributed by atoms with Crippen LogP contribution in [0.2, 0.25) is 5.02 Å². The number of nitrogens with zero attached hydrogens (tertiary/aromatic N) is 1. The summed E-state index contributed by atoms with van der Waals surface area (Å²) in [5.41, 5.74) is 1.22. The topological polar surface area (TPSA) is 95.6 Å². The van der Waals surface area contributed by atoms with Gasteiger partial charge >= 0.3 is 0 Å². The third-order valence-electron chi connectivity index (χ3n) is 5.30. The molecule has 0 aliphatic heterocycles. The summed E-state index contributed by atoms with van der Waals surface area (Å²) in [6.07, 6.45) is 0.632. The molecule has 7 nitrogen and oxygen atoms in total. The molecular formula is C24H32ClN3O4S. The highest BCUT2D eigenvalue weighted by Gasteiger charge is 2.26. The van der Waals surface area contributed by atoms with E-state index in [4.69, 9.17) is 11.6 Å². The second-order valence-electron chi connectivity index (χ2n) is 7.98. The molecule has 2 amide bonds. The molecule has 1 atom stereocenters. The molecule has 0 bridgehead atoms. The number of hydrogen-bond donors (Lipinski definition) is 2. The van der Waals surface area contributed by atoms with Gasteiger partial charge in [0.05, 0.1) is 4.90 Å². The smallest absolute Gasteiger partial charge is 0.251 e. The summed E-state index contributed by atoms with van der Waals surface area (Å²) in [4.78, 5) is 25.7. The molecule has 9 heteroatoms. The Morgan fingerprint density at radius 2 is 1.67 bits per heavy atom. The van der Waals surface area contributed by atoms with Crippen LogP contribution in [0.1, 0.15) is 43.6 Å². The number of nitrogens with one attached hydrogen (secondary N) is 2. The van der Waals surface area contributed by atoms with Gasteiger partial charge in [-0.1, -0.05) is 57.5 Å². The highest BCUT2D eigenvalue weighted by molar-refractivity contribution is 7.89. The lowest BCUT2D eigenvalue weighted by Crippen LogP contribution is -2.50. The minimum atomic E-state index is -3.69. The van der Waals surface area contributed by atoms with Crippen LogP contribution in [0, 0.1) is 5.92 Å². The van der Waals surface area contributed by atoms with Crippen LogP contribution in [0.4, 0.5) is 0 Å². The molecular weight excluding hydrogens is 462 g/mol. The van der Waals surface area contributed by atoms with Gasteiger partial charge in [0.25, 0.3) is 5.91 Å². The van der Waals surface area contributed by atoms with Gasteiger partial charge in [0.2, 0.25) is 15.9 Å². The maximum atomic E-state index is 12.9. The fourth-order valence-corrected chi connectivity index (χ4v) is 4.99. The van der Waals surface area contributed by atoms with E-state index in [1.807, 2.05) is 26.0 Å². The van der Waals surface area contributed by atoms with Crippen LogP contribution in [0.25, 0.3) is 0 Å². The molecule has 0 radical (unpaired) electrons. The molecule has 0 aliphatic carbocycles. The van der Waals surface area contributed by atoms with E-state index >= 15 is 0 Å². The first-order chi connectivity index (χ1) is 15.6. The Kier molecular flexibility index (Phi) is 9.88. The molecule has 2 rings (SSSR count). The Labute approximate surface area is 201 Å². The van der Waals surface area contributed by atoms with Crippen molar-refractivity contribution in [3.05, 3.63) is 64.7 Å². The van der Waals surface area contributed by atoms with E-state index in [2.05, 4.69) is 10.6 Å². The summed E-state index contributed by atoms with van der Waals surface area (Å²) in [5.74, 6) is -0.954. The minimum absolute atomic E-state index is 0.0485. The van der Waals surface area contributed by atoms with E-state index < -0.39 is 22.0 Å². The maximum Gasteiger partial charge on any atom is 0.251 e. The summed E-state index contributed by atoms with van der Waals surface area (Å²) in [6, 6.07) is 12.5. The number of hydrogen-bond acceptors (Lipinski definition) is 4. The third kappa shape index (κ3) is 7.28. The van der Waals surface area contributed by atoms with Crippen LogP contribution in [-0.2, 0) is 21.2 Å². The lowest BCUT2D eigenvalue weighted by Gasteiger charge is -2.22. The molecule has 2 aromatic carbocycles. The molecule has 33 heavy (non-hydrogen) atoms. The average Bonchev–Trinajstić information content (AvgIpc) is 2.79. The van der Waals surface area contributed by atoms with Gasteiger partial charge in [-0.15, -0.1) is 0 Å². The van der Waals surface area contributed by atoms with Gasteiger partial charge in [-0.25, -0.2) is 8.42 Å². The largest absolute Gasteiger partial charge is 0.354 e. The first-order valence-corrected chi connectivity index (χ1v) is 12.8. The van der Waals surface area contributed by atoms with E-state index in [-0.39, 0.29) is 22.3 Å². The Bertz CT molecular complexity index is 1050. The normalized spacial score (nSPS) is 12.6. The van der Waals surface area contributed by atoms with Crippen LogP contribution in [0.15, 0.2) is 53.4 Å². The Hall–Kier alpha value is -2.42. The SMILES string of the molecule is CCN(CC)S(=O)(=O)c1cccc(C(=O)NC(C(=O)NCCc2ccc(Cl)cc2)C(C)C)c1. The standard InChI is InChI=1S/C24H32ClN3O4S/c1-5-28(6-2)33(31,32)21-9-7-8-19(16-21)23(29)27-22(17(3)4)24(30)26-15-14-18-10-12-20(25)13-11-18/h7-13,16-17,22H,5-6,14-15H2,1-4H3,(H,26,30)(H,27,29). The molecule has 0 saturated carbocycles. The van der Waals surface area contributed by atoms with Crippen molar-refractivity contribution in [1.82, 2.24) is 14.9 Å². The number of amides is 2. The van der Waals surface area contributed by atoms with Crippen LogP contribution in [0.3, 0.4) is 0 Å². The molecule has 180 valence electrons. The summed E-state index contributed by atoms with van der Waals surface area (Å²) in [5, 5.41) is 6.26. The second kappa shape index (κ2) is 12.2. The van der Waals surface area contributed by atoms with Crippen molar-refractivity contribution in [2.45, 2.75) is 45.1 Å². The average molecular weight is 494 g/mol. The van der Waals surface area contributed by atoms with Crippen molar-refractivity contribution in [3.8, 4) is 0 Å². The summed E-state index contributed by atoms with van der Waals surface area (Å²) >= 11 is 5.89. The van der Waals surface area contributed by atoms with E-state index in [0.29, 0.717) is 31.1 Å². The highest BCUT2D eigenvalue weighted by atomic mass is 35.5. The van der Waals surface area contributed by atoms with E-state index in [0.717, 1.165) is 5.56 Å². The lowest BCUT2D eigenvalue weighted by atomic mass is 10.0. The van der Waals surface area contributed by atoms with Crippen molar-refractivity contribution in [1.29, 1.82) is 0 Å². The predicted molar refractivity (Wildman–Crippen MR) is 131 cm³/mol. The van der Waals surface area contributed by atoms with E-state index in [1.165, 1.54) is 28.6 Å². The zero-order chi connectivity index (χ0) is 24.6. The molecule has 0 aromatic heterocycles. The van der Waals surface area contributed by atoms with Crippen LogP contribution < -0.4 is 10.6 Å². The number of halogens is 1. The van der Waals surface area contributed by atoms with Crippen molar-refractivity contribution < 1.29 is 18.0 Å². The van der Waals surface area contributed by atoms with Crippen LogP contribution in [0.5, 0.6) is 0 Å². The molecule has 0 saturated heterocycles. The van der Waals surface area contributed by atoms with E-state index in [1.54, 1.807) is 26.0 Å². The molecule has 0 aliphatic rings. The molecule has 1 unspecified atom stereocenters. The van der Waals surface area contributed by atoms with Gasteiger partial charge in [0.1, 0.15) is 6.04 Å². The van der Waals surface area contributed by atoms with Gasteiger partial charge in [-0.3, -0.25) is 9.59 Å². The van der Waals surface area contributed by atoms with Gasteiger partial charge in [0.15, 0.2) is 0 Å². The maximum absolute atomic E-state index is 12.9. The van der Waals surface area contributed by atoms with Crippen molar-refractivity contribution in [2.75, 3.05) is 19.6 Å². The summed E-state index contributed by atoms with van der Waals surface area (Å²) in [6.45, 7) is 8.28. The van der Waals surface area contributed by atoms with Gasteiger partial charge in [-0.2, -0.15) is 4.31 Å². The molecule has 0 spiro atoms. The van der Waals surface area contributed by atoms with Gasteiger partial charge < -0.3 is 10.6 Å². The Balaban J connectivity index is 2.07. The number of carbonyl (C=O) groups is 2. The molecule has 0 fully saturated rings. The Morgan fingerprint density at radius 3 is 2.24 bits per heavy atom. The molecule has 2 N–H and O–H groups in total. The quantitative estimate of drug-likeness (QED) is 0.501. The fourth-order valence-electron chi connectivity index (χ4n) is 3.36. The number of benzene rings is 2. The highest BCUT2D eigenvalue weighted by Crippen LogP contribution is 2.17. The molecule has 0 heterocycles. The van der Waals surface area contributed by atoms with Gasteiger partial charge in [-0.05, 0) is 48.2 Å². The third-order valence-corrected chi connectivity index (χ3v) is 7.60. The molecule has 2 aromatic rings. The number of rotatable bonds is 11. The fraction of sp³-hybridized carbons (Fsp3) is 0.417. The number of sulfonamides is 1. The number of carbonyl (C=O) groups excluding carboxylic acids is 2. The zero-order valence-corrected chi connectivity index (χ0v) is 21.0. The van der Waals surface area contributed by atoms with E-state index in [9.17, 15) is 18.0 Å². The second-order valence-corrected chi connectivity index (χ2v) is 10.4. The van der Waals surface area contributed by atoms with Gasteiger partial charge in [0, 0.05) is 30.2 Å². The van der Waals surface area contributed by atoms with Crippen LogP contribution in [-0.4, -0.2) is 50.2 Å².